The monoisotopic (exact) mass is 474 g/mol. The van der Waals surface area contributed by atoms with Crippen molar-refractivity contribution in [1.82, 2.24) is 10.2 Å². The van der Waals surface area contributed by atoms with Gasteiger partial charge >= 0.3 is 0 Å². The van der Waals surface area contributed by atoms with Gasteiger partial charge in [-0.1, -0.05) is 50.2 Å². The van der Waals surface area contributed by atoms with Gasteiger partial charge in [0.05, 0.1) is 4.47 Å². The van der Waals surface area contributed by atoms with Crippen molar-refractivity contribution >= 4 is 27.7 Å². The Balaban J connectivity index is 2.07. The SMILES string of the molecule is CCCNC(=O)C(C)N(CCc1ccccc1)C(=O)COc1ccc(CC)cc1Br. The highest BCUT2D eigenvalue weighted by Gasteiger charge is 2.26. The van der Waals surface area contributed by atoms with Crippen molar-refractivity contribution in [3.8, 4) is 5.75 Å². The van der Waals surface area contributed by atoms with Gasteiger partial charge in [-0.25, -0.2) is 0 Å². The second-order valence-corrected chi connectivity index (χ2v) is 8.05. The maximum atomic E-state index is 13.0. The van der Waals surface area contributed by atoms with Gasteiger partial charge in [-0.3, -0.25) is 9.59 Å². The van der Waals surface area contributed by atoms with Crippen LogP contribution in [-0.4, -0.2) is 42.5 Å². The molecular weight excluding hydrogens is 444 g/mol. The van der Waals surface area contributed by atoms with Crippen molar-refractivity contribution < 1.29 is 14.3 Å². The summed E-state index contributed by atoms with van der Waals surface area (Å²) in [5, 5.41) is 2.88. The van der Waals surface area contributed by atoms with Gasteiger partial charge < -0.3 is 15.0 Å². The van der Waals surface area contributed by atoms with Crippen LogP contribution in [0, 0.1) is 0 Å². The number of hydrogen-bond acceptors (Lipinski definition) is 3. The number of benzene rings is 2. The van der Waals surface area contributed by atoms with Crippen molar-refractivity contribution in [2.24, 2.45) is 0 Å². The lowest BCUT2D eigenvalue weighted by molar-refractivity contribution is -0.141. The number of ether oxygens (including phenoxy) is 1. The van der Waals surface area contributed by atoms with E-state index in [-0.39, 0.29) is 18.4 Å². The highest BCUT2D eigenvalue weighted by atomic mass is 79.9. The van der Waals surface area contributed by atoms with Crippen LogP contribution in [0.15, 0.2) is 53.0 Å². The first-order valence-electron chi connectivity index (χ1n) is 10.5. The third-order valence-electron chi connectivity index (χ3n) is 4.96. The molecule has 162 valence electrons. The molecule has 2 aromatic rings. The Morgan fingerprint density at radius 2 is 1.83 bits per heavy atom. The van der Waals surface area contributed by atoms with Crippen molar-refractivity contribution in [2.75, 3.05) is 19.7 Å². The van der Waals surface area contributed by atoms with Gasteiger partial charge in [0.1, 0.15) is 11.8 Å². The topological polar surface area (TPSA) is 58.6 Å². The van der Waals surface area contributed by atoms with Crippen molar-refractivity contribution in [3.05, 3.63) is 64.1 Å². The fourth-order valence-corrected chi connectivity index (χ4v) is 3.61. The minimum absolute atomic E-state index is 0.121. The molecular formula is C24H31BrN2O3. The predicted octanol–water partition coefficient (Wildman–Crippen LogP) is 4.38. The number of nitrogens with zero attached hydrogens (tertiary/aromatic N) is 1. The molecule has 1 atom stereocenters. The molecule has 2 rings (SSSR count). The lowest BCUT2D eigenvalue weighted by Gasteiger charge is -2.28. The Morgan fingerprint density at radius 3 is 2.47 bits per heavy atom. The van der Waals surface area contributed by atoms with Crippen LogP contribution in [0.1, 0.15) is 38.3 Å². The molecule has 0 bridgehead atoms. The summed E-state index contributed by atoms with van der Waals surface area (Å²) in [6, 6.07) is 15.2. The fourth-order valence-electron chi connectivity index (χ4n) is 3.07. The summed E-state index contributed by atoms with van der Waals surface area (Å²) in [6.07, 6.45) is 2.45. The molecule has 1 unspecified atom stereocenters. The Hall–Kier alpha value is -2.34. The van der Waals surface area contributed by atoms with Crippen LogP contribution < -0.4 is 10.1 Å². The molecule has 1 N–H and O–H groups in total. The zero-order valence-corrected chi connectivity index (χ0v) is 19.6. The summed E-state index contributed by atoms with van der Waals surface area (Å²) < 4.78 is 6.59. The predicted molar refractivity (Wildman–Crippen MR) is 124 cm³/mol. The summed E-state index contributed by atoms with van der Waals surface area (Å²) in [7, 11) is 0. The van der Waals surface area contributed by atoms with Gasteiger partial charge in [0.15, 0.2) is 6.61 Å². The summed E-state index contributed by atoms with van der Waals surface area (Å²) >= 11 is 3.50. The Bertz CT molecular complexity index is 826. The number of rotatable bonds is 11. The fraction of sp³-hybridized carbons (Fsp3) is 0.417. The standard InChI is InChI=1S/C24H31BrN2O3/c1-4-14-26-24(29)18(3)27(15-13-20-9-7-6-8-10-20)23(28)17-30-22-12-11-19(5-2)16-21(22)25/h6-12,16,18H,4-5,13-15,17H2,1-3H3,(H,26,29). The summed E-state index contributed by atoms with van der Waals surface area (Å²) in [6.45, 7) is 6.77. The second kappa shape index (κ2) is 12.4. The molecule has 0 aromatic heterocycles. The van der Waals surface area contributed by atoms with Gasteiger partial charge in [0.2, 0.25) is 5.91 Å². The molecule has 0 spiro atoms. The number of aryl methyl sites for hydroxylation is 1. The van der Waals surface area contributed by atoms with Crippen LogP contribution >= 0.6 is 15.9 Å². The number of amides is 2. The molecule has 5 nitrogen and oxygen atoms in total. The number of carbonyl (C=O) groups excluding carboxylic acids is 2. The van der Waals surface area contributed by atoms with E-state index in [4.69, 9.17) is 4.74 Å². The van der Waals surface area contributed by atoms with E-state index in [1.165, 1.54) is 5.56 Å². The maximum Gasteiger partial charge on any atom is 0.261 e. The van der Waals surface area contributed by atoms with E-state index in [0.717, 1.165) is 22.9 Å². The average Bonchev–Trinajstić information content (AvgIpc) is 2.77. The zero-order valence-electron chi connectivity index (χ0n) is 18.0. The molecule has 0 heterocycles. The van der Waals surface area contributed by atoms with Crippen molar-refractivity contribution in [2.45, 2.75) is 46.1 Å². The Labute approximate surface area is 187 Å². The van der Waals surface area contributed by atoms with E-state index in [9.17, 15) is 9.59 Å². The van der Waals surface area contributed by atoms with Gasteiger partial charge in [0.25, 0.3) is 5.91 Å². The summed E-state index contributed by atoms with van der Waals surface area (Å²) in [5.74, 6) is 0.259. The number of carbonyl (C=O) groups is 2. The van der Waals surface area contributed by atoms with Gasteiger partial charge in [-0.2, -0.15) is 0 Å². The van der Waals surface area contributed by atoms with Crippen LogP contribution in [0.4, 0.5) is 0 Å². The maximum absolute atomic E-state index is 13.0. The van der Waals surface area contributed by atoms with Crippen molar-refractivity contribution in [3.63, 3.8) is 0 Å². The minimum atomic E-state index is -0.567. The molecule has 6 heteroatoms. The highest BCUT2D eigenvalue weighted by Crippen LogP contribution is 2.26. The Kier molecular flexibility index (Phi) is 9.87. The normalized spacial score (nSPS) is 11.6. The average molecular weight is 475 g/mol. The quantitative estimate of drug-likeness (QED) is 0.525. The largest absolute Gasteiger partial charge is 0.483 e. The van der Waals surface area contributed by atoms with E-state index in [1.54, 1.807) is 11.8 Å². The van der Waals surface area contributed by atoms with E-state index < -0.39 is 6.04 Å². The lowest BCUT2D eigenvalue weighted by atomic mass is 10.1. The number of halogens is 1. The molecule has 0 saturated heterocycles. The first-order chi connectivity index (χ1) is 14.5. The molecule has 0 saturated carbocycles. The van der Waals surface area contributed by atoms with E-state index >= 15 is 0 Å². The molecule has 2 aromatic carbocycles. The third kappa shape index (κ3) is 7.17. The van der Waals surface area contributed by atoms with E-state index in [1.807, 2.05) is 55.5 Å². The van der Waals surface area contributed by atoms with Crippen molar-refractivity contribution in [1.29, 1.82) is 0 Å². The zero-order chi connectivity index (χ0) is 21.9. The van der Waals surface area contributed by atoms with E-state index in [0.29, 0.717) is 25.3 Å². The van der Waals surface area contributed by atoms with Crippen LogP contribution in [-0.2, 0) is 22.4 Å². The van der Waals surface area contributed by atoms with Crippen LogP contribution in [0.25, 0.3) is 0 Å². The third-order valence-corrected chi connectivity index (χ3v) is 5.58. The summed E-state index contributed by atoms with van der Waals surface area (Å²) in [4.78, 5) is 27.1. The lowest BCUT2D eigenvalue weighted by Crippen LogP contribution is -2.50. The molecule has 0 radical (unpaired) electrons. The smallest absolute Gasteiger partial charge is 0.261 e. The molecule has 0 aliphatic rings. The second-order valence-electron chi connectivity index (χ2n) is 7.20. The van der Waals surface area contributed by atoms with Crippen LogP contribution in [0.3, 0.4) is 0 Å². The number of hydrogen-bond donors (Lipinski definition) is 1. The number of nitrogens with one attached hydrogen (secondary N) is 1. The van der Waals surface area contributed by atoms with Crippen LogP contribution in [0.2, 0.25) is 0 Å². The molecule has 0 fully saturated rings. The minimum Gasteiger partial charge on any atom is -0.483 e. The molecule has 30 heavy (non-hydrogen) atoms. The van der Waals surface area contributed by atoms with Crippen LogP contribution in [0.5, 0.6) is 5.75 Å². The van der Waals surface area contributed by atoms with Gasteiger partial charge in [-0.15, -0.1) is 0 Å². The Morgan fingerprint density at radius 1 is 1.10 bits per heavy atom. The molecule has 0 aliphatic carbocycles. The first-order valence-corrected chi connectivity index (χ1v) is 11.3. The van der Waals surface area contributed by atoms with Gasteiger partial charge in [-0.05, 0) is 65.4 Å². The first kappa shape index (κ1) is 23.9. The van der Waals surface area contributed by atoms with E-state index in [2.05, 4.69) is 28.2 Å². The highest BCUT2D eigenvalue weighted by molar-refractivity contribution is 9.10. The molecule has 2 amide bonds. The molecule has 0 aliphatic heterocycles. The van der Waals surface area contributed by atoms with Gasteiger partial charge in [0, 0.05) is 13.1 Å². The summed E-state index contributed by atoms with van der Waals surface area (Å²) in [5.41, 5.74) is 2.31.